The van der Waals surface area contributed by atoms with Crippen molar-refractivity contribution < 1.29 is 0 Å². The molecule has 0 aliphatic carbocycles. The number of rotatable bonds is 3. The fourth-order valence-corrected chi connectivity index (χ4v) is 2.67. The maximum absolute atomic E-state index is 3.32. The molecule has 100 valence electrons. The predicted octanol–water partition coefficient (Wildman–Crippen LogP) is 1.64. The summed E-state index contributed by atoms with van der Waals surface area (Å²) < 4.78 is 0. The molecular weight excluding hydrogens is 222 g/mol. The predicted molar refractivity (Wildman–Crippen MR) is 78.5 cm³/mol. The number of likely N-dealkylation sites (N-methyl/N-ethyl adjacent to an activating group) is 2. The van der Waals surface area contributed by atoms with Gasteiger partial charge in [0.2, 0.25) is 0 Å². The molecule has 0 radical (unpaired) electrons. The summed E-state index contributed by atoms with van der Waals surface area (Å²) in [6.07, 6.45) is 0. The van der Waals surface area contributed by atoms with E-state index in [0.29, 0.717) is 6.04 Å². The van der Waals surface area contributed by atoms with Crippen LogP contribution in [0.15, 0.2) is 18.2 Å². The van der Waals surface area contributed by atoms with Crippen LogP contribution in [0, 0.1) is 13.8 Å². The highest BCUT2D eigenvalue weighted by molar-refractivity contribution is 5.52. The Labute approximate surface area is 111 Å². The Balaban J connectivity index is 2.20. The van der Waals surface area contributed by atoms with Crippen LogP contribution in [-0.2, 0) is 0 Å². The number of hydrogen-bond acceptors (Lipinski definition) is 3. The lowest BCUT2D eigenvalue weighted by atomic mass is 10.1. The second kappa shape index (κ2) is 5.72. The molecule has 1 N–H and O–H groups in total. The number of piperazine rings is 1. The molecule has 18 heavy (non-hydrogen) atoms. The van der Waals surface area contributed by atoms with Gasteiger partial charge in [-0.1, -0.05) is 6.07 Å². The van der Waals surface area contributed by atoms with Crippen LogP contribution in [-0.4, -0.2) is 51.2 Å². The van der Waals surface area contributed by atoms with E-state index >= 15 is 0 Å². The summed E-state index contributed by atoms with van der Waals surface area (Å²) in [5.74, 6) is 0. The van der Waals surface area contributed by atoms with Gasteiger partial charge < -0.3 is 15.1 Å². The number of nitrogens with one attached hydrogen (secondary N) is 1. The standard InChI is InChI=1S/C15H25N3/c1-12-5-6-14(9-13(12)2)18-8-7-17(4)11-15(18)10-16-3/h5-6,9,15-16H,7-8,10-11H2,1-4H3. The number of aryl methyl sites for hydroxylation is 2. The van der Waals surface area contributed by atoms with Crippen molar-refractivity contribution in [2.75, 3.05) is 45.2 Å². The fraction of sp³-hybridized carbons (Fsp3) is 0.600. The third-order valence-corrected chi connectivity index (χ3v) is 3.95. The number of anilines is 1. The van der Waals surface area contributed by atoms with Gasteiger partial charge in [-0.3, -0.25) is 0 Å². The minimum atomic E-state index is 0.566. The molecule has 3 heteroatoms. The van der Waals surface area contributed by atoms with Crippen LogP contribution < -0.4 is 10.2 Å². The zero-order valence-corrected chi connectivity index (χ0v) is 12.0. The first kappa shape index (κ1) is 13.4. The fourth-order valence-electron chi connectivity index (χ4n) is 2.67. The number of nitrogens with zero attached hydrogens (tertiary/aromatic N) is 2. The summed E-state index contributed by atoms with van der Waals surface area (Å²) in [5.41, 5.74) is 4.12. The van der Waals surface area contributed by atoms with Gasteiger partial charge in [0, 0.05) is 31.9 Å². The summed E-state index contributed by atoms with van der Waals surface area (Å²) in [5, 5.41) is 3.32. The van der Waals surface area contributed by atoms with Crippen molar-refractivity contribution in [3.8, 4) is 0 Å². The highest BCUT2D eigenvalue weighted by Crippen LogP contribution is 2.22. The first-order valence-corrected chi connectivity index (χ1v) is 6.79. The maximum Gasteiger partial charge on any atom is 0.0541 e. The minimum Gasteiger partial charge on any atom is -0.365 e. The van der Waals surface area contributed by atoms with Gasteiger partial charge in [-0.15, -0.1) is 0 Å². The Morgan fingerprint density at radius 1 is 1.22 bits per heavy atom. The van der Waals surface area contributed by atoms with Crippen LogP contribution in [0.4, 0.5) is 5.69 Å². The molecule has 1 atom stereocenters. The number of benzene rings is 1. The van der Waals surface area contributed by atoms with Gasteiger partial charge in [0.25, 0.3) is 0 Å². The van der Waals surface area contributed by atoms with Gasteiger partial charge in [0.05, 0.1) is 6.04 Å². The zero-order chi connectivity index (χ0) is 13.1. The minimum absolute atomic E-state index is 0.566. The van der Waals surface area contributed by atoms with E-state index in [0.717, 1.165) is 26.2 Å². The second-order valence-corrected chi connectivity index (χ2v) is 5.44. The van der Waals surface area contributed by atoms with E-state index in [2.05, 4.69) is 54.2 Å². The molecule has 1 aliphatic rings. The van der Waals surface area contributed by atoms with E-state index in [9.17, 15) is 0 Å². The smallest absolute Gasteiger partial charge is 0.0541 e. The van der Waals surface area contributed by atoms with Crippen molar-refractivity contribution in [2.45, 2.75) is 19.9 Å². The SMILES string of the molecule is CNCC1CN(C)CCN1c1ccc(C)c(C)c1. The van der Waals surface area contributed by atoms with Crippen molar-refractivity contribution in [1.29, 1.82) is 0 Å². The second-order valence-electron chi connectivity index (χ2n) is 5.44. The van der Waals surface area contributed by atoms with Crippen LogP contribution in [0.5, 0.6) is 0 Å². The molecule has 0 spiro atoms. The monoisotopic (exact) mass is 247 g/mol. The van der Waals surface area contributed by atoms with Crippen LogP contribution in [0.25, 0.3) is 0 Å². The lowest BCUT2D eigenvalue weighted by Crippen LogP contribution is -2.55. The van der Waals surface area contributed by atoms with Gasteiger partial charge in [0.1, 0.15) is 0 Å². The van der Waals surface area contributed by atoms with E-state index in [1.165, 1.54) is 16.8 Å². The van der Waals surface area contributed by atoms with Crippen LogP contribution in [0.1, 0.15) is 11.1 Å². The summed E-state index contributed by atoms with van der Waals surface area (Å²) in [6.45, 7) is 8.81. The summed E-state index contributed by atoms with van der Waals surface area (Å²) in [6, 6.07) is 7.38. The maximum atomic E-state index is 3.32. The lowest BCUT2D eigenvalue weighted by molar-refractivity contribution is 0.265. The largest absolute Gasteiger partial charge is 0.365 e. The zero-order valence-electron chi connectivity index (χ0n) is 12.0. The third kappa shape index (κ3) is 2.85. The third-order valence-electron chi connectivity index (χ3n) is 3.95. The molecule has 1 aliphatic heterocycles. The number of hydrogen-bond donors (Lipinski definition) is 1. The Hall–Kier alpha value is -1.06. The van der Waals surface area contributed by atoms with Crippen molar-refractivity contribution in [3.05, 3.63) is 29.3 Å². The summed E-state index contributed by atoms with van der Waals surface area (Å²) in [7, 11) is 4.24. The Morgan fingerprint density at radius 3 is 2.67 bits per heavy atom. The molecule has 0 saturated carbocycles. The highest BCUT2D eigenvalue weighted by atomic mass is 15.3. The van der Waals surface area contributed by atoms with E-state index in [1.807, 2.05) is 7.05 Å². The molecule has 1 heterocycles. The van der Waals surface area contributed by atoms with Crippen molar-refractivity contribution in [1.82, 2.24) is 10.2 Å². The molecule has 3 nitrogen and oxygen atoms in total. The molecule has 1 saturated heterocycles. The van der Waals surface area contributed by atoms with Gasteiger partial charge in [-0.05, 0) is 51.2 Å². The van der Waals surface area contributed by atoms with Crippen molar-refractivity contribution >= 4 is 5.69 Å². The highest BCUT2D eigenvalue weighted by Gasteiger charge is 2.24. The summed E-state index contributed by atoms with van der Waals surface area (Å²) in [4.78, 5) is 4.96. The lowest BCUT2D eigenvalue weighted by Gasteiger charge is -2.41. The van der Waals surface area contributed by atoms with E-state index < -0.39 is 0 Å². The van der Waals surface area contributed by atoms with E-state index in [1.54, 1.807) is 0 Å². The normalized spacial score (nSPS) is 21.3. The molecule has 1 aromatic rings. The van der Waals surface area contributed by atoms with Gasteiger partial charge in [-0.2, -0.15) is 0 Å². The average Bonchev–Trinajstić information content (AvgIpc) is 2.34. The molecule has 1 aromatic carbocycles. The van der Waals surface area contributed by atoms with Gasteiger partial charge in [-0.25, -0.2) is 0 Å². The molecule has 1 fully saturated rings. The van der Waals surface area contributed by atoms with E-state index in [-0.39, 0.29) is 0 Å². The topological polar surface area (TPSA) is 18.5 Å². The molecule has 1 unspecified atom stereocenters. The van der Waals surface area contributed by atoms with Crippen LogP contribution in [0.2, 0.25) is 0 Å². The van der Waals surface area contributed by atoms with Crippen molar-refractivity contribution in [2.24, 2.45) is 0 Å². The van der Waals surface area contributed by atoms with Gasteiger partial charge in [0.15, 0.2) is 0 Å². The molecule has 0 bridgehead atoms. The quantitative estimate of drug-likeness (QED) is 0.876. The molecular formula is C15H25N3. The first-order valence-electron chi connectivity index (χ1n) is 6.79. The van der Waals surface area contributed by atoms with Crippen molar-refractivity contribution in [3.63, 3.8) is 0 Å². The molecule has 0 amide bonds. The Kier molecular flexibility index (Phi) is 4.25. The molecule has 2 rings (SSSR count). The average molecular weight is 247 g/mol. The van der Waals surface area contributed by atoms with E-state index in [4.69, 9.17) is 0 Å². The Bertz CT molecular complexity index is 403. The summed E-state index contributed by atoms with van der Waals surface area (Å²) >= 11 is 0. The Morgan fingerprint density at radius 2 is 2.00 bits per heavy atom. The molecule has 0 aromatic heterocycles. The van der Waals surface area contributed by atoms with Gasteiger partial charge >= 0.3 is 0 Å². The van der Waals surface area contributed by atoms with Crippen LogP contribution in [0.3, 0.4) is 0 Å². The first-order chi connectivity index (χ1) is 8.61. The van der Waals surface area contributed by atoms with Crippen LogP contribution >= 0.6 is 0 Å².